The van der Waals surface area contributed by atoms with E-state index in [1.807, 2.05) is 0 Å². The SMILES string of the molecule is CC/C=C\C/C=C\C/C=C\C/C=C\CCCOCC(COC(=O)CCCCCCC/C=C\CCCCCCCC)OC(=O)CCCCCCCCC. The van der Waals surface area contributed by atoms with Crippen molar-refractivity contribution in [1.29, 1.82) is 0 Å². The van der Waals surface area contributed by atoms with Gasteiger partial charge < -0.3 is 14.2 Å². The highest BCUT2D eigenvalue weighted by Crippen LogP contribution is 2.12. The second kappa shape index (κ2) is 43.0. The van der Waals surface area contributed by atoms with Crippen molar-refractivity contribution in [2.24, 2.45) is 0 Å². The number of rotatable bonds is 39. The van der Waals surface area contributed by atoms with Gasteiger partial charge in [-0.3, -0.25) is 9.59 Å². The van der Waals surface area contributed by atoms with Gasteiger partial charge >= 0.3 is 11.9 Å². The largest absolute Gasteiger partial charge is 0.462 e. The van der Waals surface area contributed by atoms with Crippen molar-refractivity contribution in [3.63, 3.8) is 0 Å². The summed E-state index contributed by atoms with van der Waals surface area (Å²) in [5.74, 6) is -0.444. The Morgan fingerprint density at radius 3 is 1.40 bits per heavy atom. The molecule has 0 bridgehead atoms. The highest BCUT2D eigenvalue weighted by Gasteiger charge is 2.17. The topological polar surface area (TPSA) is 61.8 Å². The average molecular weight is 727 g/mol. The molecule has 1 unspecified atom stereocenters. The van der Waals surface area contributed by atoms with Crippen LogP contribution in [-0.4, -0.2) is 37.9 Å². The van der Waals surface area contributed by atoms with Crippen LogP contribution in [0.15, 0.2) is 60.8 Å². The summed E-state index contributed by atoms with van der Waals surface area (Å²) in [7, 11) is 0. The Hall–Kier alpha value is -2.40. The zero-order valence-electron chi connectivity index (χ0n) is 34.3. The highest BCUT2D eigenvalue weighted by atomic mass is 16.6. The zero-order chi connectivity index (χ0) is 37.8. The lowest BCUT2D eigenvalue weighted by Crippen LogP contribution is -2.30. The summed E-state index contributed by atoms with van der Waals surface area (Å²) in [4.78, 5) is 25.1. The van der Waals surface area contributed by atoms with Crippen LogP contribution in [0.5, 0.6) is 0 Å². The standard InChI is InChI=1S/C47H82O5/c1-4-7-10-13-16-18-20-22-24-25-27-29-32-34-37-40-46(48)51-44-45(52-47(49)41-38-35-31-15-12-9-6-3)43-50-42-39-36-33-30-28-26-23-21-19-17-14-11-8-5-2/h8,11,17,19,22-24,26,30,33,45H,4-7,9-10,12-16,18,20-21,25,27-29,31-32,34-44H2,1-3H3/b11-8-,19-17-,24-22-,26-23-,33-30-. The van der Waals surface area contributed by atoms with Crippen molar-refractivity contribution < 1.29 is 23.8 Å². The molecule has 0 saturated carbocycles. The third-order valence-electron chi connectivity index (χ3n) is 9.04. The van der Waals surface area contributed by atoms with Gasteiger partial charge in [0.1, 0.15) is 6.61 Å². The maximum Gasteiger partial charge on any atom is 0.306 e. The number of hydrogen-bond donors (Lipinski definition) is 0. The molecule has 0 radical (unpaired) electrons. The Kier molecular flexibility index (Phi) is 41.0. The molecule has 0 fully saturated rings. The monoisotopic (exact) mass is 727 g/mol. The van der Waals surface area contributed by atoms with Gasteiger partial charge in [0.2, 0.25) is 0 Å². The van der Waals surface area contributed by atoms with Gasteiger partial charge in [0.25, 0.3) is 0 Å². The van der Waals surface area contributed by atoms with Gasteiger partial charge in [-0.2, -0.15) is 0 Å². The maximum absolute atomic E-state index is 12.6. The van der Waals surface area contributed by atoms with Gasteiger partial charge in [0, 0.05) is 19.4 Å². The highest BCUT2D eigenvalue weighted by molar-refractivity contribution is 5.70. The van der Waals surface area contributed by atoms with E-state index in [4.69, 9.17) is 14.2 Å². The lowest BCUT2D eigenvalue weighted by atomic mass is 10.1. The molecular formula is C47H82O5. The van der Waals surface area contributed by atoms with Gasteiger partial charge in [-0.15, -0.1) is 0 Å². The van der Waals surface area contributed by atoms with Crippen LogP contribution in [0, 0.1) is 0 Å². The Balaban J connectivity index is 4.26. The minimum absolute atomic E-state index is 0.0591. The smallest absolute Gasteiger partial charge is 0.306 e. The fraction of sp³-hybridized carbons (Fsp3) is 0.745. The van der Waals surface area contributed by atoms with Crippen LogP contribution in [0.3, 0.4) is 0 Å². The van der Waals surface area contributed by atoms with Crippen LogP contribution in [0.4, 0.5) is 0 Å². The normalized spacial score (nSPS) is 12.8. The Labute approximate surface area is 322 Å². The minimum atomic E-state index is -0.562. The first kappa shape index (κ1) is 49.6. The van der Waals surface area contributed by atoms with Crippen LogP contribution in [0.2, 0.25) is 0 Å². The van der Waals surface area contributed by atoms with Gasteiger partial charge in [0.15, 0.2) is 6.10 Å². The number of unbranched alkanes of at least 4 members (excludes halogenated alkanes) is 18. The second-order valence-electron chi connectivity index (χ2n) is 14.2. The molecule has 0 aliphatic heterocycles. The van der Waals surface area contributed by atoms with Crippen LogP contribution < -0.4 is 0 Å². The average Bonchev–Trinajstić information content (AvgIpc) is 3.14. The second-order valence-corrected chi connectivity index (χ2v) is 14.2. The third-order valence-corrected chi connectivity index (χ3v) is 9.04. The Bertz CT molecular complexity index is 915. The van der Waals surface area contributed by atoms with E-state index in [1.165, 1.54) is 83.5 Å². The Morgan fingerprint density at radius 2 is 0.865 bits per heavy atom. The fourth-order valence-electron chi connectivity index (χ4n) is 5.80. The van der Waals surface area contributed by atoms with E-state index in [9.17, 15) is 9.59 Å². The molecule has 0 aliphatic rings. The predicted molar refractivity (Wildman–Crippen MR) is 224 cm³/mol. The molecule has 0 heterocycles. The van der Waals surface area contributed by atoms with E-state index >= 15 is 0 Å². The van der Waals surface area contributed by atoms with Crippen molar-refractivity contribution >= 4 is 11.9 Å². The van der Waals surface area contributed by atoms with Crippen LogP contribution in [0.25, 0.3) is 0 Å². The fourth-order valence-corrected chi connectivity index (χ4v) is 5.80. The number of allylic oxidation sites excluding steroid dienone is 10. The molecule has 0 spiro atoms. The van der Waals surface area contributed by atoms with Gasteiger partial charge in [-0.25, -0.2) is 0 Å². The zero-order valence-corrected chi connectivity index (χ0v) is 34.3. The van der Waals surface area contributed by atoms with E-state index in [1.54, 1.807) is 0 Å². The molecule has 300 valence electrons. The van der Waals surface area contributed by atoms with Crippen molar-refractivity contribution in [2.45, 2.75) is 207 Å². The molecule has 0 aromatic rings. The minimum Gasteiger partial charge on any atom is -0.462 e. The number of ether oxygens (including phenoxy) is 3. The van der Waals surface area contributed by atoms with Crippen molar-refractivity contribution in [2.75, 3.05) is 19.8 Å². The summed E-state index contributed by atoms with van der Waals surface area (Å²) in [6, 6.07) is 0. The van der Waals surface area contributed by atoms with Gasteiger partial charge in [-0.05, 0) is 77.0 Å². The number of esters is 2. The molecule has 0 aromatic heterocycles. The van der Waals surface area contributed by atoms with E-state index < -0.39 is 6.10 Å². The summed E-state index contributed by atoms with van der Waals surface area (Å²) in [5, 5.41) is 0. The summed E-state index contributed by atoms with van der Waals surface area (Å²) >= 11 is 0. The summed E-state index contributed by atoms with van der Waals surface area (Å²) in [6.45, 7) is 7.52. The molecule has 52 heavy (non-hydrogen) atoms. The molecule has 0 N–H and O–H groups in total. The first-order valence-corrected chi connectivity index (χ1v) is 21.8. The summed E-state index contributed by atoms with van der Waals surface area (Å²) in [5.41, 5.74) is 0. The summed E-state index contributed by atoms with van der Waals surface area (Å²) in [6.07, 6.45) is 52.4. The van der Waals surface area contributed by atoms with Crippen LogP contribution >= 0.6 is 0 Å². The quantitative estimate of drug-likeness (QED) is 0.0358. The molecule has 5 heteroatoms. The Morgan fingerprint density at radius 1 is 0.442 bits per heavy atom. The van der Waals surface area contributed by atoms with Gasteiger partial charge in [0.05, 0.1) is 6.61 Å². The maximum atomic E-state index is 12.6. The number of hydrogen-bond acceptors (Lipinski definition) is 5. The molecule has 1 atom stereocenters. The van der Waals surface area contributed by atoms with Crippen LogP contribution in [0.1, 0.15) is 201 Å². The number of carbonyl (C=O) groups is 2. The molecule has 0 amide bonds. The van der Waals surface area contributed by atoms with Crippen molar-refractivity contribution in [3.8, 4) is 0 Å². The molecular weight excluding hydrogens is 645 g/mol. The molecule has 0 aliphatic carbocycles. The van der Waals surface area contributed by atoms with Crippen molar-refractivity contribution in [3.05, 3.63) is 60.8 Å². The van der Waals surface area contributed by atoms with Crippen LogP contribution in [-0.2, 0) is 23.8 Å². The lowest BCUT2D eigenvalue weighted by Gasteiger charge is -2.18. The van der Waals surface area contributed by atoms with Crippen molar-refractivity contribution in [1.82, 2.24) is 0 Å². The first-order chi connectivity index (χ1) is 25.6. The molecule has 0 rings (SSSR count). The first-order valence-electron chi connectivity index (χ1n) is 21.8. The number of carbonyl (C=O) groups excluding carboxylic acids is 2. The third kappa shape index (κ3) is 40.4. The molecule has 0 aromatic carbocycles. The molecule has 5 nitrogen and oxygen atoms in total. The van der Waals surface area contributed by atoms with E-state index in [0.717, 1.165) is 83.5 Å². The molecule has 0 saturated heterocycles. The van der Waals surface area contributed by atoms with E-state index in [0.29, 0.717) is 19.4 Å². The van der Waals surface area contributed by atoms with E-state index in [2.05, 4.69) is 81.5 Å². The lowest BCUT2D eigenvalue weighted by molar-refractivity contribution is -0.163. The summed E-state index contributed by atoms with van der Waals surface area (Å²) < 4.78 is 17.2. The predicted octanol–water partition coefficient (Wildman–Crippen LogP) is 14.2. The van der Waals surface area contributed by atoms with Gasteiger partial charge in [-0.1, -0.05) is 171 Å². The van der Waals surface area contributed by atoms with E-state index in [-0.39, 0.29) is 25.2 Å².